The van der Waals surface area contributed by atoms with Crippen molar-refractivity contribution in [3.8, 4) is 5.82 Å². The number of hydrogen-bond donors (Lipinski definition) is 4. The van der Waals surface area contributed by atoms with E-state index in [1.807, 2.05) is 0 Å². The summed E-state index contributed by atoms with van der Waals surface area (Å²) in [6, 6.07) is 10.2. The molecule has 3 heterocycles. The lowest BCUT2D eigenvalue weighted by molar-refractivity contribution is 0.0947. The quantitative estimate of drug-likeness (QED) is 0.201. The summed E-state index contributed by atoms with van der Waals surface area (Å²) >= 11 is 0. The van der Waals surface area contributed by atoms with Crippen molar-refractivity contribution in [1.29, 1.82) is 0 Å². The van der Waals surface area contributed by atoms with Crippen LogP contribution in [0.2, 0.25) is 0 Å². The number of carbonyl (C=O) groups is 2. The van der Waals surface area contributed by atoms with E-state index < -0.39 is 11.8 Å². The van der Waals surface area contributed by atoms with Crippen LogP contribution in [0.5, 0.6) is 0 Å². The van der Waals surface area contributed by atoms with Gasteiger partial charge in [0.1, 0.15) is 5.76 Å². The molecule has 0 saturated carbocycles. The Balaban J connectivity index is 1.58. The number of nitrogens with two attached hydrogens (primary N) is 2. The molecule has 6 N–H and O–H groups in total. The number of benzene rings is 1. The third-order valence-corrected chi connectivity index (χ3v) is 4.66. The molecule has 4 rings (SSSR count). The van der Waals surface area contributed by atoms with Crippen molar-refractivity contribution in [2.24, 2.45) is 10.8 Å². The van der Waals surface area contributed by atoms with Crippen LogP contribution in [-0.4, -0.2) is 43.3 Å². The van der Waals surface area contributed by atoms with Crippen LogP contribution in [0.1, 0.15) is 39.2 Å². The summed E-state index contributed by atoms with van der Waals surface area (Å²) in [4.78, 5) is 24.6. The van der Waals surface area contributed by atoms with Crippen molar-refractivity contribution in [3.05, 3.63) is 70.9 Å². The number of para-hydroxylation sites is 1. The van der Waals surface area contributed by atoms with E-state index in [1.165, 1.54) is 10.9 Å². The minimum absolute atomic E-state index is 0.00646. The number of anilines is 2. The van der Waals surface area contributed by atoms with Gasteiger partial charge in [0.25, 0.3) is 11.8 Å². The Morgan fingerprint density at radius 2 is 2.03 bits per heavy atom. The zero-order valence-corrected chi connectivity index (χ0v) is 18.4. The molecule has 35 heavy (non-hydrogen) atoms. The number of hydrazone groups is 1. The first kappa shape index (κ1) is 22.9. The van der Waals surface area contributed by atoms with Gasteiger partial charge in [-0.1, -0.05) is 17.3 Å². The highest BCUT2D eigenvalue weighted by atomic mass is 16.6. The number of furan rings is 1. The molecule has 14 heteroatoms. The fourth-order valence-corrected chi connectivity index (χ4v) is 3.06. The second kappa shape index (κ2) is 10.1. The molecule has 1 aromatic carbocycles. The van der Waals surface area contributed by atoms with Crippen molar-refractivity contribution in [1.82, 2.24) is 30.7 Å². The van der Waals surface area contributed by atoms with Gasteiger partial charge in [0.15, 0.2) is 5.69 Å². The first-order chi connectivity index (χ1) is 16.9. The molecule has 178 valence electrons. The highest BCUT2D eigenvalue weighted by Gasteiger charge is 2.24. The zero-order chi connectivity index (χ0) is 24.8. The van der Waals surface area contributed by atoms with Crippen LogP contribution in [0, 0.1) is 0 Å². The van der Waals surface area contributed by atoms with Gasteiger partial charge in [0.05, 0.1) is 30.3 Å². The molecule has 0 saturated heterocycles. The predicted molar refractivity (Wildman–Crippen MR) is 124 cm³/mol. The smallest absolute Gasteiger partial charge is 0.293 e. The van der Waals surface area contributed by atoms with Crippen molar-refractivity contribution in [2.75, 3.05) is 11.1 Å². The average Bonchev–Trinajstić information content (AvgIpc) is 3.59. The monoisotopic (exact) mass is 476 g/mol. The van der Waals surface area contributed by atoms with Gasteiger partial charge in [0.2, 0.25) is 11.6 Å². The third kappa shape index (κ3) is 5.22. The maximum absolute atomic E-state index is 12.8. The van der Waals surface area contributed by atoms with Crippen LogP contribution >= 0.6 is 0 Å². The Kier molecular flexibility index (Phi) is 6.62. The lowest BCUT2D eigenvalue weighted by atomic mass is 10.1. The molecule has 0 spiro atoms. The van der Waals surface area contributed by atoms with Crippen LogP contribution in [0.3, 0.4) is 0 Å². The third-order valence-electron chi connectivity index (χ3n) is 4.66. The second-order valence-electron chi connectivity index (χ2n) is 7.14. The van der Waals surface area contributed by atoms with E-state index in [1.54, 1.807) is 55.7 Å². The van der Waals surface area contributed by atoms with Crippen molar-refractivity contribution < 1.29 is 18.6 Å². The van der Waals surface area contributed by atoms with Crippen molar-refractivity contribution >= 4 is 35.6 Å². The maximum Gasteiger partial charge on any atom is 0.293 e. The Labute approximate surface area is 197 Å². The Bertz CT molecular complexity index is 1400. The van der Waals surface area contributed by atoms with Crippen molar-refractivity contribution in [2.45, 2.75) is 13.5 Å². The normalized spacial score (nSPS) is 11.6. The van der Waals surface area contributed by atoms with Crippen molar-refractivity contribution in [3.63, 3.8) is 0 Å². The van der Waals surface area contributed by atoms with Gasteiger partial charge in [-0.2, -0.15) is 9.78 Å². The lowest BCUT2D eigenvalue weighted by Crippen LogP contribution is -2.22. The highest BCUT2D eigenvalue weighted by Crippen LogP contribution is 2.19. The first-order valence-corrected chi connectivity index (χ1v) is 10.1. The Morgan fingerprint density at radius 3 is 2.74 bits per heavy atom. The standard InChI is InChI=1S/C21H20N10O4/c1-12(9-13-5-4-8-34-13)10-25-27-21(33)17-16(31(30-26-17)20-18(22)28-35-29-20)11-24-15-7-3-2-6-14(15)19(23)32/h2-10,24H,11H2,1H3,(H2,22,28)(H2,23,32)(H,27,33)/b12-9+,25-10+. The molecule has 3 aromatic heterocycles. The van der Waals surface area contributed by atoms with Crippen LogP contribution in [0.15, 0.2) is 62.4 Å². The number of nitrogens with zero attached hydrogens (tertiary/aromatic N) is 6. The fraction of sp³-hybridized carbons (Fsp3) is 0.0952. The summed E-state index contributed by atoms with van der Waals surface area (Å²) in [6.45, 7) is 1.79. The van der Waals surface area contributed by atoms with E-state index in [-0.39, 0.29) is 35.1 Å². The summed E-state index contributed by atoms with van der Waals surface area (Å²) in [6.07, 6.45) is 4.75. The molecule has 0 aliphatic carbocycles. The number of rotatable bonds is 9. The number of hydrogen-bond acceptors (Lipinski definition) is 11. The van der Waals surface area contributed by atoms with Crippen LogP contribution in [0.25, 0.3) is 11.9 Å². The summed E-state index contributed by atoms with van der Waals surface area (Å²) in [5, 5.41) is 22.1. The minimum atomic E-state index is -0.645. The topological polar surface area (TPSA) is 205 Å². The SMILES string of the molecule is CC(/C=N/NC(=O)c1nnn(-c2nonc2N)c1CNc1ccccc1C(N)=O)=C\c1ccco1. The fourth-order valence-electron chi connectivity index (χ4n) is 3.06. The molecule has 14 nitrogen and oxygen atoms in total. The summed E-state index contributed by atoms with van der Waals surface area (Å²) in [5.41, 5.74) is 15.3. The summed E-state index contributed by atoms with van der Waals surface area (Å²) in [5.74, 6) is -0.635. The van der Waals surface area contributed by atoms with Gasteiger partial charge in [0, 0.05) is 5.69 Å². The molecule has 0 fully saturated rings. The number of carbonyl (C=O) groups excluding carboxylic acids is 2. The molecule has 0 aliphatic rings. The largest absolute Gasteiger partial charge is 0.465 e. The average molecular weight is 476 g/mol. The lowest BCUT2D eigenvalue weighted by Gasteiger charge is -2.11. The maximum atomic E-state index is 12.8. The number of aromatic nitrogens is 5. The zero-order valence-electron chi connectivity index (χ0n) is 18.4. The molecule has 4 aromatic rings. The van der Waals surface area contributed by atoms with E-state index in [0.717, 1.165) is 5.57 Å². The van der Waals surface area contributed by atoms with Crippen LogP contribution < -0.4 is 22.2 Å². The summed E-state index contributed by atoms with van der Waals surface area (Å²) in [7, 11) is 0. The van der Waals surface area contributed by atoms with Gasteiger partial charge >= 0.3 is 0 Å². The van der Waals surface area contributed by atoms with Gasteiger partial charge in [-0.25, -0.2) is 10.1 Å². The number of nitrogens with one attached hydrogen (secondary N) is 2. The molecule has 0 bridgehead atoms. The first-order valence-electron chi connectivity index (χ1n) is 10.1. The molecule has 2 amide bonds. The van der Waals surface area contributed by atoms with E-state index >= 15 is 0 Å². The number of allylic oxidation sites excluding steroid dienone is 1. The van der Waals surface area contributed by atoms with E-state index in [4.69, 9.17) is 15.9 Å². The highest BCUT2D eigenvalue weighted by molar-refractivity contribution is 5.98. The molecular weight excluding hydrogens is 456 g/mol. The van der Waals surface area contributed by atoms with Gasteiger partial charge in [-0.05, 0) is 53.2 Å². The van der Waals surface area contributed by atoms with E-state index in [0.29, 0.717) is 11.4 Å². The predicted octanol–water partition coefficient (Wildman–Crippen LogP) is 1.36. The Morgan fingerprint density at radius 1 is 1.20 bits per heavy atom. The van der Waals surface area contributed by atoms with E-state index in [2.05, 4.69) is 41.1 Å². The molecule has 0 radical (unpaired) electrons. The van der Waals surface area contributed by atoms with E-state index in [9.17, 15) is 9.59 Å². The number of amides is 2. The van der Waals surface area contributed by atoms with Gasteiger partial charge in [-0.15, -0.1) is 5.10 Å². The van der Waals surface area contributed by atoms with Crippen LogP contribution in [-0.2, 0) is 6.54 Å². The number of primary amides is 1. The van der Waals surface area contributed by atoms with Gasteiger partial charge in [-0.3, -0.25) is 9.59 Å². The second-order valence-corrected chi connectivity index (χ2v) is 7.14. The minimum Gasteiger partial charge on any atom is -0.465 e. The molecular formula is C21H20N10O4. The number of nitrogen functional groups attached to an aromatic ring is 1. The molecule has 0 atom stereocenters. The van der Waals surface area contributed by atoms with Gasteiger partial charge < -0.3 is 21.2 Å². The molecule has 0 aliphatic heterocycles. The Hall–Kier alpha value is -5.27. The molecule has 0 unspecified atom stereocenters. The van der Waals surface area contributed by atoms with Crippen LogP contribution in [0.4, 0.5) is 11.5 Å². The summed E-state index contributed by atoms with van der Waals surface area (Å²) < 4.78 is 11.1.